The molecule has 0 atom stereocenters. The van der Waals surface area contributed by atoms with E-state index in [4.69, 9.17) is 4.74 Å². The van der Waals surface area contributed by atoms with Crippen LogP contribution < -0.4 is 10.1 Å². The molecule has 0 saturated heterocycles. The van der Waals surface area contributed by atoms with E-state index < -0.39 is 11.9 Å². The number of aromatic carboxylic acids is 1. The Morgan fingerprint density at radius 1 is 1.23 bits per heavy atom. The summed E-state index contributed by atoms with van der Waals surface area (Å²) in [6.07, 6.45) is 1.35. The Balaban J connectivity index is 2.19. The van der Waals surface area contributed by atoms with Crippen LogP contribution >= 0.6 is 0 Å². The van der Waals surface area contributed by atoms with Crippen LogP contribution in [0, 0.1) is 11.3 Å². The van der Waals surface area contributed by atoms with Crippen LogP contribution in [-0.4, -0.2) is 23.6 Å². The Morgan fingerprint density at radius 3 is 2.58 bits per heavy atom. The second kappa shape index (κ2) is 9.04. The van der Waals surface area contributed by atoms with Crippen molar-refractivity contribution in [1.29, 1.82) is 5.26 Å². The number of nitrogens with zero attached hydrogens (tertiary/aromatic N) is 1. The molecular weight excluding hydrogens is 332 g/mol. The van der Waals surface area contributed by atoms with E-state index in [2.05, 4.69) is 5.32 Å². The van der Waals surface area contributed by atoms with Crippen LogP contribution in [0.4, 0.5) is 0 Å². The van der Waals surface area contributed by atoms with Crippen molar-refractivity contribution in [3.8, 4) is 11.8 Å². The first kappa shape index (κ1) is 18.7. The predicted octanol–water partition coefficient (Wildman–Crippen LogP) is 3.01. The number of amides is 1. The number of rotatable bonds is 7. The van der Waals surface area contributed by atoms with Crippen molar-refractivity contribution < 1.29 is 19.4 Å². The highest BCUT2D eigenvalue weighted by Gasteiger charge is 2.13. The Labute approximate surface area is 151 Å². The maximum absolute atomic E-state index is 12.2. The predicted molar refractivity (Wildman–Crippen MR) is 96.4 cm³/mol. The number of carboxylic acid groups (broad SMARTS) is 1. The molecule has 0 saturated carbocycles. The highest BCUT2D eigenvalue weighted by Crippen LogP contribution is 2.22. The van der Waals surface area contributed by atoms with E-state index in [1.54, 1.807) is 13.0 Å². The topological polar surface area (TPSA) is 99.4 Å². The van der Waals surface area contributed by atoms with Crippen molar-refractivity contribution in [3.05, 3.63) is 70.8 Å². The lowest BCUT2D eigenvalue weighted by molar-refractivity contribution is -0.117. The van der Waals surface area contributed by atoms with Gasteiger partial charge in [0.05, 0.1) is 6.61 Å². The van der Waals surface area contributed by atoms with E-state index in [0.717, 1.165) is 5.56 Å². The number of carbonyl (C=O) groups is 2. The number of benzene rings is 2. The lowest BCUT2D eigenvalue weighted by atomic mass is 10.1. The summed E-state index contributed by atoms with van der Waals surface area (Å²) in [5, 5.41) is 21.2. The van der Waals surface area contributed by atoms with E-state index in [1.807, 2.05) is 36.4 Å². The van der Waals surface area contributed by atoms with Gasteiger partial charge in [0.1, 0.15) is 23.0 Å². The average molecular weight is 350 g/mol. The molecule has 2 aromatic carbocycles. The Kier molecular flexibility index (Phi) is 6.52. The summed E-state index contributed by atoms with van der Waals surface area (Å²) in [5.74, 6) is -1.43. The van der Waals surface area contributed by atoms with E-state index in [-0.39, 0.29) is 16.9 Å². The van der Waals surface area contributed by atoms with Crippen LogP contribution in [-0.2, 0) is 11.3 Å². The first-order chi connectivity index (χ1) is 12.5. The summed E-state index contributed by atoms with van der Waals surface area (Å²) >= 11 is 0. The van der Waals surface area contributed by atoms with Gasteiger partial charge in [-0.15, -0.1) is 0 Å². The Bertz CT molecular complexity index is 867. The van der Waals surface area contributed by atoms with Gasteiger partial charge in [-0.2, -0.15) is 5.26 Å². The molecule has 0 fully saturated rings. The molecule has 2 rings (SSSR count). The molecule has 26 heavy (non-hydrogen) atoms. The molecule has 0 heterocycles. The molecule has 6 nitrogen and oxygen atoms in total. The number of carbonyl (C=O) groups excluding carboxylic acids is 1. The summed E-state index contributed by atoms with van der Waals surface area (Å²) in [6, 6.07) is 15.6. The Morgan fingerprint density at radius 2 is 1.96 bits per heavy atom. The van der Waals surface area contributed by atoms with Crippen molar-refractivity contribution in [2.45, 2.75) is 13.5 Å². The molecule has 0 bridgehead atoms. The van der Waals surface area contributed by atoms with Gasteiger partial charge in [0.25, 0.3) is 5.91 Å². The van der Waals surface area contributed by atoms with Gasteiger partial charge in [-0.3, -0.25) is 4.79 Å². The number of hydrogen-bond donors (Lipinski definition) is 2. The Hall–Kier alpha value is -3.59. The fraction of sp³-hybridized carbons (Fsp3) is 0.150. The summed E-state index contributed by atoms with van der Waals surface area (Å²) in [6.45, 7) is 2.38. The molecular formula is C20H18N2O4. The molecule has 0 spiro atoms. The molecule has 2 aromatic rings. The van der Waals surface area contributed by atoms with Crippen molar-refractivity contribution in [1.82, 2.24) is 5.32 Å². The van der Waals surface area contributed by atoms with Gasteiger partial charge in [0.2, 0.25) is 0 Å². The minimum atomic E-state index is -1.14. The van der Waals surface area contributed by atoms with Crippen molar-refractivity contribution in [3.63, 3.8) is 0 Å². The smallest absolute Gasteiger partial charge is 0.339 e. The highest BCUT2D eigenvalue weighted by molar-refractivity contribution is 6.02. The van der Waals surface area contributed by atoms with E-state index in [1.165, 1.54) is 18.2 Å². The zero-order valence-electron chi connectivity index (χ0n) is 14.2. The van der Waals surface area contributed by atoms with Gasteiger partial charge >= 0.3 is 5.97 Å². The summed E-state index contributed by atoms with van der Waals surface area (Å²) in [7, 11) is 0. The number of nitriles is 1. The fourth-order valence-corrected chi connectivity index (χ4v) is 2.27. The molecule has 0 aromatic heterocycles. The molecule has 0 unspecified atom stereocenters. The van der Waals surface area contributed by atoms with E-state index >= 15 is 0 Å². The van der Waals surface area contributed by atoms with Gasteiger partial charge in [-0.1, -0.05) is 36.4 Å². The first-order valence-corrected chi connectivity index (χ1v) is 7.99. The van der Waals surface area contributed by atoms with Gasteiger partial charge < -0.3 is 15.2 Å². The zero-order valence-corrected chi connectivity index (χ0v) is 14.2. The first-order valence-electron chi connectivity index (χ1n) is 7.99. The van der Waals surface area contributed by atoms with Crippen molar-refractivity contribution in [2.75, 3.05) is 6.61 Å². The summed E-state index contributed by atoms with van der Waals surface area (Å²) in [5.41, 5.74) is 1.20. The monoisotopic (exact) mass is 350 g/mol. The highest BCUT2D eigenvalue weighted by atomic mass is 16.5. The minimum absolute atomic E-state index is 0.0254. The quantitative estimate of drug-likeness (QED) is 0.591. The van der Waals surface area contributed by atoms with Gasteiger partial charge in [0, 0.05) is 6.54 Å². The molecule has 1 amide bonds. The molecule has 0 aliphatic heterocycles. The standard InChI is InChI=1S/C20H18N2O4/c1-2-26-18-9-8-15(11-17(18)20(24)25)10-16(12-21)19(23)22-13-14-6-4-3-5-7-14/h3-11H,2,13H2,1H3,(H,22,23)(H,24,25)/b16-10+. The molecule has 2 N–H and O–H groups in total. The number of hydrogen-bond acceptors (Lipinski definition) is 4. The SMILES string of the molecule is CCOc1ccc(/C=C(\C#N)C(=O)NCc2ccccc2)cc1C(=O)O. The molecule has 132 valence electrons. The number of carboxylic acids is 1. The van der Waals surface area contributed by atoms with E-state index in [9.17, 15) is 20.0 Å². The third kappa shape index (κ3) is 4.95. The van der Waals surface area contributed by atoms with Crippen molar-refractivity contribution >= 4 is 18.0 Å². The van der Waals surface area contributed by atoms with Gasteiger partial charge in [-0.05, 0) is 36.3 Å². The second-order valence-electron chi connectivity index (χ2n) is 5.33. The molecule has 6 heteroatoms. The summed E-state index contributed by atoms with van der Waals surface area (Å²) in [4.78, 5) is 23.5. The maximum atomic E-state index is 12.2. The van der Waals surface area contributed by atoms with Crippen LogP contribution in [0.5, 0.6) is 5.75 Å². The van der Waals surface area contributed by atoms with Crippen LogP contribution in [0.3, 0.4) is 0 Å². The molecule has 0 radical (unpaired) electrons. The van der Waals surface area contributed by atoms with Crippen LogP contribution in [0.15, 0.2) is 54.1 Å². The lowest BCUT2D eigenvalue weighted by Crippen LogP contribution is -2.23. The van der Waals surface area contributed by atoms with Crippen molar-refractivity contribution in [2.24, 2.45) is 0 Å². The van der Waals surface area contributed by atoms with Crippen LogP contribution in [0.1, 0.15) is 28.4 Å². The second-order valence-corrected chi connectivity index (χ2v) is 5.33. The fourth-order valence-electron chi connectivity index (χ4n) is 2.27. The normalized spacial score (nSPS) is 10.7. The zero-order chi connectivity index (χ0) is 18.9. The molecule has 0 aliphatic carbocycles. The van der Waals surface area contributed by atoms with Gasteiger partial charge in [0.15, 0.2) is 0 Å². The largest absolute Gasteiger partial charge is 0.493 e. The van der Waals surface area contributed by atoms with Crippen LogP contribution in [0.25, 0.3) is 6.08 Å². The third-order valence-electron chi connectivity index (χ3n) is 3.51. The summed E-state index contributed by atoms with van der Waals surface area (Å²) < 4.78 is 5.27. The average Bonchev–Trinajstić information content (AvgIpc) is 2.66. The molecule has 0 aliphatic rings. The third-order valence-corrected chi connectivity index (χ3v) is 3.51. The maximum Gasteiger partial charge on any atom is 0.339 e. The number of ether oxygens (including phenoxy) is 1. The van der Waals surface area contributed by atoms with Gasteiger partial charge in [-0.25, -0.2) is 4.79 Å². The van der Waals surface area contributed by atoms with Crippen LogP contribution in [0.2, 0.25) is 0 Å². The van der Waals surface area contributed by atoms with E-state index in [0.29, 0.717) is 18.7 Å². The lowest BCUT2D eigenvalue weighted by Gasteiger charge is -2.08. The number of nitrogens with one attached hydrogen (secondary N) is 1. The minimum Gasteiger partial charge on any atom is -0.493 e.